The van der Waals surface area contributed by atoms with Gasteiger partial charge >= 0.3 is 0 Å². The van der Waals surface area contributed by atoms with Crippen LogP contribution >= 0.6 is 11.3 Å². The standard InChI is InChI=1S/C22H30N2O2S/c1-22(2,26)12-11-17-7-9-18(10-8-17)21(25)23-19-5-3-13-24(15-19)16-20-6-4-14-27-20/h4,6-10,14,19,26H,3,5,11-13,15-16H2,1-2H3,(H,23,25)/t19-/m0/s1. The molecule has 0 saturated carbocycles. The summed E-state index contributed by atoms with van der Waals surface area (Å²) in [6, 6.07) is 12.2. The summed E-state index contributed by atoms with van der Waals surface area (Å²) in [6.45, 7) is 6.62. The van der Waals surface area contributed by atoms with Crippen LogP contribution in [0.15, 0.2) is 41.8 Å². The average molecular weight is 387 g/mol. The molecule has 1 amide bonds. The van der Waals surface area contributed by atoms with Gasteiger partial charge in [0.2, 0.25) is 0 Å². The Balaban J connectivity index is 1.50. The van der Waals surface area contributed by atoms with Crippen molar-refractivity contribution in [1.82, 2.24) is 10.2 Å². The zero-order valence-corrected chi connectivity index (χ0v) is 17.1. The van der Waals surface area contributed by atoms with E-state index in [4.69, 9.17) is 0 Å². The largest absolute Gasteiger partial charge is 0.390 e. The Morgan fingerprint density at radius 2 is 2.07 bits per heavy atom. The first-order valence-corrected chi connectivity index (χ1v) is 10.6. The van der Waals surface area contributed by atoms with Crippen LogP contribution in [0.2, 0.25) is 0 Å². The number of nitrogens with one attached hydrogen (secondary N) is 1. The summed E-state index contributed by atoms with van der Waals surface area (Å²) in [7, 11) is 0. The number of piperidine rings is 1. The summed E-state index contributed by atoms with van der Waals surface area (Å²) in [5, 5.41) is 15.2. The first kappa shape index (κ1) is 20.1. The normalized spacial score (nSPS) is 18.4. The summed E-state index contributed by atoms with van der Waals surface area (Å²) >= 11 is 1.79. The van der Waals surface area contributed by atoms with E-state index < -0.39 is 5.60 Å². The molecule has 2 aromatic rings. The molecule has 4 nitrogen and oxygen atoms in total. The van der Waals surface area contributed by atoms with Gasteiger partial charge in [-0.05, 0) is 75.2 Å². The molecule has 146 valence electrons. The first-order valence-electron chi connectivity index (χ1n) is 9.76. The number of thiophene rings is 1. The van der Waals surface area contributed by atoms with Crippen molar-refractivity contribution in [3.63, 3.8) is 0 Å². The van der Waals surface area contributed by atoms with E-state index in [0.717, 1.165) is 44.5 Å². The van der Waals surface area contributed by atoms with Gasteiger partial charge in [-0.3, -0.25) is 9.69 Å². The Bertz CT molecular complexity index is 720. The lowest BCUT2D eigenvalue weighted by Crippen LogP contribution is -2.47. The zero-order chi connectivity index (χ0) is 19.3. The second-order valence-corrected chi connectivity index (χ2v) is 9.17. The number of aliphatic hydroxyl groups is 1. The molecule has 1 atom stereocenters. The van der Waals surface area contributed by atoms with E-state index in [1.54, 1.807) is 11.3 Å². The maximum Gasteiger partial charge on any atom is 0.251 e. The van der Waals surface area contributed by atoms with Crippen LogP contribution in [0.5, 0.6) is 0 Å². The van der Waals surface area contributed by atoms with Gasteiger partial charge in [-0.15, -0.1) is 11.3 Å². The molecule has 1 aromatic heterocycles. The third-order valence-corrected chi connectivity index (χ3v) is 5.90. The molecule has 2 heterocycles. The number of hydrogen-bond donors (Lipinski definition) is 2. The number of rotatable bonds is 7. The van der Waals surface area contributed by atoms with Gasteiger partial charge < -0.3 is 10.4 Å². The molecular formula is C22H30N2O2S. The fraction of sp³-hybridized carbons (Fsp3) is 0.500. The van der Waals surface area contributed by atoms with Gasteiger partial charge in [0.1, 0.15) is 0 Å². The van der Waals surface area contributed by atoms with Crippen molar-refractivity contribution >= 4 is 17.2 Å². The van der Waals surface area contributed by atoms with Crippen molar-refractivity contribution in [3.05, 3.63) is 57.8 Å². The van der Waals surface area contributed by atoms with Crippen molar-refractivity contribution in [1.29, 1.82) is 0 Å². The summed E-state index contributed by atoms with van der Waals surface area (Å²) in [5.41, 5.74) is 1.19. The lowest BCUT2D eigenvalue weighted by Gasteiger charge is -2.32. The average Bonchev–Trinajstić information content (AvgIpc) is 3.13. The molecule has 3 rings (SSSR count). The Morgan fingerprint density at radius 3 is 2.74 bits per heavy atom. The van der Waals surface area contributed by atoms with Gasteiger partial charge in [-0.2, -0.15) is 0 Å². The van der Waals surface area contributed by atoms with Crippen LogP contribution in [0.25, 0.3) is 0 Å². The van der Waals surface area contributed by atoms with E-state index in [1.807, 2.05) is 38.1 Å². The molecule has 1 aliphatic rings. The summed E-state index contributed by atoms with van der Waals surface area (Å²) < 4.78 is 0. The van der Waals surface area contributed by atoms with Crippen LogP contribution in [0.4, 0.5) is 0 Å². The molecule has 0 radical (unpaired) electrons. The molecule has 0 unspecified atom stereocenters. The Labute approximate surface area is 166 Å². The van der Waals surface area contributed by atoms with Crippen LogP contribution in [-0.2, 0) is 13.0 Å². The topological polar surface area (TPSA) is 52.6 Å². The number of nitrogens with zero attached hydrogens (tertiary/aromatic N) is 1. The van der Waals surface area contributed by atoms with Crippen LogP contribution < -0.4 is 5.32 Å². The van der Waals surface area contributed by atoms with E-state index >= 15 is 0 Å². The number of hydrogen-bond acceptors (Lipinski definition) is 4. The minimum atomic E-state index is -0.661. The lowest BCUT2D eigenvalue weighted by molar-refractivity contribution is 0.0713. The lowest BCUT2D eigenvalue weighted by atomic mass is 9.98. The fourth-order valence-electron chi connectivity index (χ4n) is 3.48. The van der Waals surface area contributed by atoms with Crippen LogP contribution in [0, 0.1) is 0 Å². The van der Waals surface area contributed by atoms with Crippen molar-refractivity contribution in [2.24, 2.45) is 0 Å². The molecule has 1 fully saturated rings. The molecular weight excluding hydrogens is 356 g/mol. The Morgan fingerprint density at radius 1 is 1.30 bits per heavy atom. The molecule has 2 N–H and O–H groups in total. The smallest absolute Gasteiger partial charge is 0.251 e. The highest BCUT2D eigenvalue weighted by atomic mass is 32.1. The highest BCUT2D eigenvalue weighted by Crippen LogP contribution is 2.18. The van der Waals surface area contributed by atoms with Gasteiger partial charge in [-0.1, -0.05) is 18.2 Å². The molecule has 5 heteroatoms. The van der Waals surface area contributed by atoms with Gasteiger partial charge in [0.15, 0.2) is 0 Å². The molecule has 1 aromatic carbocycles. The maximum absolute atomic E-state index is 12.6. The quantitative estimate of drug-likeness (QED) is 0.760. The van der Waals surface area contributed by atoms with Crippen molar-refractivity contribution < 1.29 is 9.90 Å². The van der Waals surface area contributed by atoms with E-state index in [0.29, 0.717) is 12.0 Å². The molecule has 1 saturated heterocycles. The first-order chi connectivity index (χ1) is 12.9. The van der Waals surface area contributed by atoms with E-state index in [2.05, 4.69) is 27.7 Å². The third kappa shape index (κ3) is 6.45. The minimum absolute atomic E-state index is 0.00649. The number of likely N-dealkylation sites (tertiary alicyclic amines) is 1. The predicted octanol–water partition coefficient (Wildman–Crippen LogP) is 3.85. The number of aryl methyl sites for hydroxylation is 1. The summed E-state index contributed by atoms with van der Waals surface area (Å²) in [5.74, 6) is 0.00649. The Hall–Kier alpha value is -1.69. The zero-order valence-electron chi connectivity index (χ0n) is 16.3. The molecule has 0 spiro atoms. The number of benzene rings is 1. The van der Waals surface area contributed by atoms with Crippen molar-refractivity contribution in [2.75, 3.05) is 13.1 Å². The van der Waals surface area contributed by atoms with Gasteiger partial charge in [0.05, 0.1) is 5.60 Å². The van der Waals surface area contributed by atoms with Crippen LogP contribution in [0.1, 0.15) is 53.9 Å². The number of carbonyl (C=O) groups excluding carboxylic acids is 1. The SMILES string of the molecule is CC(C)(O)CCc1ccc(C(=O)N[C@H]2CCCN(Cc3cccs3)C2)cc1. The number of amides is 1. The molecule has 0 bridgehead atoms. The van der Waals surface area contributed by atoms with Gasteiger partial charge in [0, 0.05) is 29.6 Å². The second-order valence-electron chi connectivity index (χ2n) is 8.14. The van der Waals surface area contributed by atoms with Crippen LogP contribution in [0.3, 0.4) is 0 Å². The van der Waals surface area contributed by atoms with E-state index in [9.17, 15) is 9.90 Å². The predicted molar refractivity (Wildman–Crippen MR) is 111 cm³/mol. The second kappa shape index (κ2) is 9.00. The highest BCUT2D eigenvalue weighted by molar-refractivity contribution is 7.09. The van der Waals surface area contributed by atoms with E-state index in [-0.39, 0.29) is 11.9 Å². The van der Waals surface area contributed by atoms with Crippen LogP contribution in [-0.4, -0.2) is 40.6 Å². The Kier molecular flexibility index (Phi) is 6.68. The fourth-order valence-corrected chi connectivity index (χ4v) is 4.23. The maximum atomic E-state index is 12.6. The third-order valence-electron chi connectivity index (χ3n) is 5.04. The molecule has 27 heavy (non-hydrogen) atoms. The highest BCUT2D eigenvalue weighted by Gasteiger charge is 2.22. The van der Waals surface area contributed by atoms with Gasteiger partial charge in [-0.25, -0.2) is 0 Å². The molecule has 1 aliphatic heterocycles. The minimum Gasteiger partial charge on any atom is -0.390 e. The van der Waals surface area contributed by atoms with Gasteiger partial charge in [0.25, 0.3) is 5.91 Å². The molecule has 0 aliphatic carbocycles. The summed E-state index contributed by atoms with van der Waals surface area (Å²) in [4.78, 5) is 16.4. The number of carbonyl (C=O) groups is 1. The van der Waals surface area contributed by atoms with Crippen molar-refractivity contribution in [2.45, 2.75) is 57.7 Å². The summed E-state index contributed by atoms with van der Waals surface area (Å²) in [6.07, 6.45) is 3.68. The monoisotopic (exact) mass is 386 g/mol. The van der Waals surface area contributed by atoms with E-state index in [1.165, 1.54) is 4.88 Å². The van der Waals surface area contributed by atoms with Crippen molar-refractivity contribution in [3.8, 4) is 0 Å².